The van der Waals surface area contributed by atoms with Gasteiger partial charge in [0.15, 0.2) is 0 Å². The van der Waals surface area contributed by atoms with Gasteiger partial charge in [0.05, 0.1) is 19.8 Å². The van der Waals surface area contributed by atoms with Crippen molar-refractivity contribution >= 4 is 11.6 Å². The van der Waals surface area contributed by atoms with Crippen LogP contribution in [0.5, 0.6) is 5.75 Å². The lowest BCUT2D eigenvalue weighted by molar-refractivity contribution is -0.117. The molecule has 0 spiro atoms. The van der Waals surface area contributed by atoms with Gasteiger partial charge in [-0.15, -0.1) is 0 Å². The number of carbonyl (C=O) groups is 1. The SMILES string of the molecule is CCOc1ccc(NC(=O)CC2COCCN2)cc1. The Labute approximate surface area is 113 Å². The number of amides is 1. The highest BCUT2D eigenvalue weighted by molar-refractivity contribution is 5.91. The Balaban J connectivity index is 1.80. The molecule has 0 aromatic heterocycles. The van der Waals surface area contributed by atoms with Crippen LogP contribution >= 0.6 is 0 Å². The topological polar surface area (TPSA) is 59.6 Å². The van der Waals surface area contributed by atoms with Crippen LogP contribution in [0.15, 0.2) is 24.3 Å². The minimum atomic E-state index is -0.00726. The molecule has 0 saturated carbocycles. The molecular formula is C14H20N2O3. The highest BCUT2D eigenvalue weighted by Gasteiger charge is 2.16. The Morgan fingerprint density at radius 2 is 2.26 bits per heavy atom. The van der Waals surface area contributed by atoms with E-state index in [0.29, 0.717) is 19.6 Å². The fourth-order valence-electron chi connectivity index (χ4n) is 1.99. The standard InChI is InChI=1S/C14H20N2O3/c1-2-19-13-5-3-11(4-6-13)16-14(17)9-12-10-18-8-7-15-12/h3-6,12,15H,2,7-10H2,1H3,(H,16,17). The van der Waals surface area contributed by atoms with Gasteiger partial charge in [-0.1, -0.05) is 0 Å². The zero-order valence-corrected chi connectivity index (χ0v) is 11.1. The summed E-state index contributed by atoms with van der Waals surface area (Å²) in [6, 6.07) is 7.49. The van der Waals surface area contributed by atoms with Crippen molar-refractivity contribution in [1.82, 2.24) is 5.32 Å². The lowest BCUT2D eigenvalue weighted by Gasteiger charge is -2.23. The number of morpholine rings is 1. The van der Waals surface area contributed by atoms with Crippen molar-refractivity contribution in [1.29, 1.82) is 0 Å². The summed E-state index contributed by atoms with van der Waals surface area (Å²) in [5.74, 6) is 0.801. The first kappa shape index (κ1) is 13.8. The predicted octanol–water partition coefficient (Wildman–Crippen LogP) is 1.40. The second-order valence-corrected chi connectivity index (χ2v) is 4.44. The summed E-state index contributed by atoms with van der Waals surface area (Å²) < 4.78 is 10.7. The van der Waals surface area contributed by atoms with E-state index in [0.717, 1.165) is 24.6 Å². The lowest BCUT2D eigenvalue weighted by atomic mass is 10.2. The van der Waals surface area contributed by atoms with Crippen molar-refractivity contribution < 1.29 is 14.3 Å². The van der Waals surface area contributed by atoms with Crippen LogP contribution in [-0.4, -0.2) is 38.3 Å². The monoisotopic (exact) mass is 264 g/mol. The van der Waals surface area contributed by atoms with E-state index >= 15 is 0 Å². The molecule has 1 aliphatic rings. The van der Waals surface area contributed by atoms with Crippen molar-refractivity contribution in [3.8, 4) is 5.75 Å². The average molecular weight is 264 g/mol. The molecule has 2 N–H and O–H groups in total. The first-order chi connectivity index (χ1) is 9.28. The molecule has 1 fully saturated rings. The Hall–Kier alpha value is -1.59. The van der Waals surface area contributed by atoms with Gasteiger partial charge < -0.3 is 20.1 Å². The van der Waals surface area contributed by atoms with E-state index in [1.807, 2.05) is 31.2 Å². The molecule has 1 amide bonds. The number of nitrogens with one attached hydrogen (secondary N) is 2. The van der Waals surface area contributed by atoms with Gasteiger partial charge in [0.25, 0.3) is 0 Å². The molecule has 1 aromatic carbocycles. The molecule has 1 saturated heterocycles. The Bertz CT molecular complexity index is 400. The molecule has 1 atom stereocenters. The zero-order chi connectivity index (χ0) is 13.5. The molecule has 1 unspecified atom stereocenters. The van der Waals surface area contributed by atoms with Gasteiger partial charge in [0.1, 0.15) is 5.75 Å². The van der Waals surface area contributed by atoms with Gasteiger partial charge in [-0.2, -0.15) is 0 Å². The summed E-state index contributed by atoms with van der Waals surface area (Å²) >= 11 is 0. The second kappa shape index (κ2) is 7.11. The summed E-state index contributed by atoms with van der Waals surface area (Å²) in [5.41, 5.74) is 0.783. The minimum absolute atomic E-state index is 0.00726. The third-order valence-corrected chi connectivity index (χ3v) is 2.88. The van der Waals surface area contributed by atoms with E-state index < -0.39 is 0 Å². The Morgan fingerprint density at radius 3 is 2.89 bits per heavy atom. The van der Waals surface area contributed by atoms with Crippen LogP contribution in [-0.2, 0) is 9.53 Å². The molecule has 1 aromatic rings. The van der Waals surface area contributed by atoms with Crippen molar-refractivity contribution in [3.63, 3.8) is 0 Å². The predicted molar refractivity (Wildman–Crippen MR) is 73.5 cm³/mol. The molecule has 19 heavy (non-hydrogen) atoms. The Morgan fingerprint density at radius 1 is 1.47 bits per heavy atom. The summed E-state index contributed by atoms with van der Waals surface area (Å²) in [5, 5.41) is 6.12. The maximum absolute atomic E-state index is 11.9. The highest BCUT2D eigenvalue weighted by Crippen LogP contribution is 2.16. The van der Waals surface area contributed by atoms with Crippen molar-refractivity contribution in [2.75, 3.05) is 31.7 Å². The summed E-state index contributed by atoms with van der Waals surface area (Å²) in [7, 11) is 0. The zero-order valence-electron chi connectivity index (χ0n) is 11.1. The normalized spacial score (nSPS) is 18.9. The van der Waals surface area contributed by atoms with Crippen molar-refractivity contribution in [3.05, 3.63) is 24.3 Å². The molecule has 5 nitrogen and oxygen atoms in total. The lowest BCUT2D eigenvalue weighted by Crippen LogP contribution is -2.43. The van der Waals surface area contributed by atoms with E-state index in [4.69, 9.17) is 9.47 Å². The summed E-state index contributed by atoms with van der Waals surface area (Å²) in [6.07, 6.45) is 0.424. The van der Waals surface area contributed by atoms with E-state index in [2.05, 4.69) is 10.6 Å². The van der Waals surface area contributed by atoms with Gasteiger partial charge in [0.2, 0.25) is 5.91 Å². The number of benzene rings is 1. The summed E-state index contributed by atoms with van der Waals surface area (Å²) in [6.45, 7) is 4.70. The number of ether oxygens (including phenoxy) is 2. The molecule has 104 valence electrons. The molecule has 2 rings (SSSR count). The highest BCUT2D eigenvalue weighted by atomic mass is 16.5. The van der Waals surface area contributed by atoms with Crippen LogP contribution < -0.4 is 15.4 Å². The van der Waals surface area contributed by atoms with Crippen LogP contribution in [0.2, 0.25) is 0 Å². The molecule has 5 heteroatoms. The molecule has 0 radical (unpaired) electrons. The molecular weight excluding hydrogens is 244 g/mol. The number of hydrogen-bond donors (Lipinski definition) is 2. The van der Waals surface area contributed by atoms with Crippen molar-refractivity contribution in [2.24, 2.45) is 0 Å². The van der Waals surface area contributed by atoms with Gasteiger partial charge in [-0.25, -0.2) is 0 Å². The van der Waals surface area contributed by atoms with Crippen LogP contribution in [0, 0.1) is 0 Å². The van der Waals surface area contributed by atoms with E-state index in [-0.39, 0.29) is 11.9 Å². The average Bonchev–Trinajstić information content (AvgIpc) is 2.42. The largest absolute Gasteiger partial charge is 0.494 e. The Kier molecular flexibility index (Phi) is 5.18. The van der Waals surface area contributed by atoms with Gasteiger partial charge >= 0.3 is 0 Å². The van der Waals surface area contributed by atoms with Crippen LogP contribution in [0.4, 0.5) is 5.69 Å². The van der Waals surface area contributed by atoms with Gasteiger partial charge in [0, 0.05) is 24.7 Å². The first-order valence-corrected chi connectivity index (χ1v) is 6.62. The number of hydrogen-bond acceptors (Lipinski definition) is 4. The minimum Gasteiger partial charge on any atom is -0.494 e. The second-order valence-electron chi connectivity index (χ2n) is 4.44. The molecule has 0 bridgehead atoms. The van der Waals surface area contributed by atoms with Crippen LogP contribution in [0.25, 0.3) is 0 Å². The molecule has 1 heterocycles. The quantitative estimate of drug-likeness (QED) is 0.844. The van der Waals surface area contributed by atoms with E-state index in [9.17, 15) is 4.79 Å². The third-order valence-electron chi connectivity index (χ3n) is 2.88. The van der Waals surface area contributed by atoms with Gasteiger partial charge in [-0.3, -0.25) is 4.79 Å². The fourth-order valence-corrected chi connectivity index (χ4v) is 1.99. The van der Waals surface area contributed by atoms with Crippen LogP contribution in [0.3, 0.4) is 0 Å². The van der Waals surface area contributed by atoms with Gasteiger partial charge in [-0.05, 0) is 31.2 Å². The fraction of sp³-hybridized carbons (Fsp3) is 0.500. The van der Waals surface area contributed by atoms with Crippen LogP contribution in [0.1, 0.15) is 13.3 Å². The number of carbonyl (C=O) groups excluding carboxylic acids is 1. The summed E-state index contributed by atoms with van der Waals surface area (Å²) in [4.78, 5) is 11.9. The maximum Gasteiger partial charge on any atom is 0.226 e. The van der Waals surface area contributed by atoms with E-state index in [1.165, 1.54) is 0 Å². The number of anilines is 1. The third kappa shape index (κ3) is 4.54. The van der Waals surface area contributed by atoms with E-state index in [1.54, 1.807) is 0 Å². The van der Waals surface area contributed by atoms with Crippen molar-refractivity contribution in [2.45, 2.75) is 19.4 Å². The smallest absolute Gasteiger partial charge is 0.226 e. The maximum atomic E-state index is 11.9. The number of rotatable bonds is 5. The molecule has 0 aliphatic carbocycles. The first-order valence-electron chi connectivity index (χ1n) is 6.62. The molecule has 1 aliphatic heterocycles.